The summed E-state index contributed by atoms with van der Waals surface area (Å²) in [6, 6.07) is 1.43. The number of hydrogen-bond donors (Lipinski definition) is 0. The van der Waals surface area contributed by atoms with Crippen LogP contribution in [0.25, 0.3) is 10.6 Å². The van der Waals surface area contributed by atoms with E-state index in [9.17, 15) is 4.39 Å². The highest BCUT2D eigenvalue weighted by Crippen LogP contribution is 2.29. The number of aryl methyl sites for hydroxylation is 1. The van der Waals surface area contributed by atoms with Crippen molar-refractivity contribution in [3.8, 4) is 10.6 Å². The maximum Gasteiger partial charge on any atom is 0.142 e. The van der Waals surface area contributed by atoms with Gasteiger partial charge in [0.1, 0.15) is 15.4 Å². The Morgan fingerprint density at radius 2 is 2.21 bits per heavy atom. The number of hydrogen-bond acceptors (Lipinski definition) is 3. The van der Waals surface area contributed by atoms with Crippen molar-refractivity contribution in [2.45, 2.75) is 6.92 Å². The highest BCUT2D eigenvalue weighted by molar-refractivity contribution is 9.10. The van der Waals surface area contributed by atoms with Gasteiger partial charge in [-0.05, 0) is 28.9 Å². The molecule has 0 aromatic carbocycles. The summed E-state index contributed by atoms with van der Waals surface area (Å²) in [6.45, 7) is 1.96. The fraction of sp³-hybridized carbons (Fsp3) is 0.111. The van der Waals surface area contributed by atoms with Crippen molar-refractivity contribution >= 4 is 27.3 Å². The Bertz CT molecular complexity index is 450. The van der Waals surface area contributed by atoms with E-state index in [1.54, 1.807) is 6.20 Å². The monoisotopic (exact) mass is 272 g/mol. The predicted octanol–water partition coefficient (Wildman–Crippen LogP) is 3.42. The summed E-state index contributed by atoms with van der Waals surface area (Å²) < 4.78 is 13.7. The molecule has 2 nitrogen and oxygen atoms in total. The van der Waals surface area contributed by atoms with Crippen LogP contribution in [0, 0.1) is 12.7 Å². The Morgan fingerprint density at radius 3 is 2.79 bits per heavy atom. The molecule has 0 amide bonds. The predicted molar refractivity (Wildman–Crippen MR) is 57.7 cm³/mol. The third-order valence-electron chi connectivity index (χ3n) is 1.69. The second-order valence-corrected chi connectivity index (χ2v) is 4.71. The molecule has 0 bridgehead atoms. The van der Waals surface area contributed by atoms with Crippen LogP contribution in [0.4, 0.5) is 4.39 Å². The van der Waals surface area contributed by atoms with Crippen LogP contribution < -0.4 is 0 Å². The van der Waals surface area contributed by atoms with Gasteiger partial charge in [0.2, 0.25) is 0 Å². The maximum atomic E-state index is 12.9. The average molecular weight is 273 g/mol. The minimum Gasteiger partial charge on any atom is -0.261 e. The zero-order valence-corrected chi connectivity index (χ0v) is 9.69. The van der Waals surface area contributed by atoms with Crippen LogP contribution in [0.15, 0.2) is 23.1 Å². The molecule has 0 radical (unpaired) electrons. The van der Waals surface area contributed by atoms with Crippen LogP contribution in [0.2, 0.25) is 0 Å². The van der Waals surface area contributed by atoms with Crippen molar-refractivity contribution in [3.05, 3.63) is 33.8 Å². The fourth-order valence-corrected chi connectivity index (χ4v) is 2.35. The van der Waals surface area contributed by atoms with Crippen molar-refractivity contribution in [2.75, 3.05) is 0 Å². The molecule has 72 valence electrons. The molecule has 0 saturated heterocycles. The van der Waals surface area contributed by atoms with Gasteiger partial charge in [-0.25, -0.2) is 9.37 Å². The van der Waals surface area contributed by atoms with Gasteiger partial charge >= 0.3 is 0 Å². The Hall–Kier alpha value is -0.810. The van der Waals surface area contributed by atoms with Crippen LogP contribution in [-0.4, -0.2) is 9.97 Å². The van der Waals surface area contributed by atoms with Crippen LogP contribution in [0.1, 0.15) is 4.88 Å². The van der Waals surface area contributed by atoms with E-state index in [0.717, 1.165) is 14.5 Å². The van der Waals surface area contributed by atoms with Gasteiger partial charge in [0.15, 0.2) is 0 Å². The van der Waals surface area contributed by atoms with Crippen molar-refractivity contribution < 1.29 is 4.39 Å². The molecular weight excluding hydrogens is 267 g/mol. The molecular formula is C9H6BrFN2S. The summed E-state index contributed by atoms with van der Waals surface area (Å²) in [7, 11) is 0. The highest BCUT2D eigenvalue weighted by Gasteiger charge is 2.07. The molecule has 2 rings (SSSR count). The van der Waals surface area contributed by atoms with Gasteiger partial charge in [0.05, 0.1) is 6.20 Å². The molecule has 0 spiro atoms. The van der Waals surface area contributed by atoms with E-state index in [-0.39, 0.29) is 5.82 Å². The van der Waals surface area contributed by atoms with Crippen molar-refractivity contribution in [3.63, 3.8) is 0 Å². The molecule has 2 aromatic heterocycles. The van der Waals surface area contributed by atoms with Gasteiger partial charge in [0.25, 0.3) is 0 Å². The molecule has 0 fully saturated rings. The number of thiazole rings is 1. The summed E-state index contributed by atoms with van der Waals surface area (Å²) in [4.78, 5) is 9.10. The molecule has 5 heteroatoms. The number of pyridine rings is 1. The second kappa shape index (κ2) is 3.74. The molecule has 0 aliphatic carbocycles. The lowest BCUT2D eigenvalue weighted by Gasteiger charge is -1.93. The Labute approximate surface area is 93.0 Å². The molecule has 0 N–H and O–H groups in total. The average Bonchev–Trinajstić information content (AvgIpc) is 2.47. The minimum atomic E-state index is -0.341. The lowest BCUT2D eigenvalue weighted by Crippen LogP contribution is -1.81. The molecule has 0 unspecified atom stereocenters. The first-order valence-electron chi connectivity index (χ1n) is 3.90. The van der Waals surface area contributed by atoms with E-state index in [1.165, 1.54) is 23.6 Å². The van der Waals surface area contributed by atoms with Gasteiger partial charge in [-0.15, -0.1) is 11.3 Å². The normalized spacial score (nSPS) is 10.5. The first-order chi connectivity index (χ1) is 6.66. The quantitative estimate of drug-likeness (QED) is 0.795. The second-order valence-electron chi connectivity index (χ2n) is 2.76. The third kappa shape index (κ3) is 1.83. The summed E-state index contributed by atoms with van der Waals surface area (Å²) in [5, 5.41) is 0.779. The largest absolute Gasteiger partial charge is 0.261 e. The minimum absolute atomic E-state index is 0.341. The number of rotatable bonds is 1. The van der Waals surface area contributed by atoms with E-state index in [1.807, 2.05) is 6.92 Å². The number of nitrogens with zero attached hydrogens (tertiary/aromatic N) is 2. The van der Waals surface area contributed by atoms with E-state index < -0.39 is 0 Å². The molecule has 2 aromatic rings. The van der Waals surface area contributed by atoms with Gasteiger partial charge in [-0.3, -0.25) is 4.98 Å². The lowest BCUT2D eigenvalue weighted by atomic mass is 10.3. The summed E-state index contributed by atoms with van der Waals surface area (Å²) in [5.41, 5.74) is 0.712. The van der Waals surface area contributed by atoms with Gasteiger partial charge in [-0.1, -0.05) is 0 Å². The van der Waals surface area contributed by atoms with E-state index >= 15 is 0 Å². The standard InChI is InChI=1S/C9H6BrFN2S/c1-5-8(10)13-9(14-5)6-2-7(11)4-12-3-6/h2-4H,1H3. The van der Waals surface area contributed by atoms with E-state index in [0.29, 0.717) is 5.56 Å². The zero-order valence-electron chi connectivity index (χ0n) is 7.29. The first-order valence-corrected chi connectivity index (χ1v) is 5.51. The van der Waals surface area contributed by atoms with E-state index in [4.69, 9.17) is 0 Å². The Morgan fingerprint density at radius 1 is 1.43 bits per heavy atom. The molecule has 14 heavy (non-hydrogen) atoms. The Balaban J connectivity index is 2.49. The van der Waals surface area contributed by atoms with Crippen LogP contribution >= 0.6 is 27.3 Å². The van der Waals surface area contributed by atoms with Gasteiger partial charge < -0.3 is 0 Å². The summed E-state index contributed by atoms with van der Waals surface area (Å²) in [5.74, 6) is -0.341. The van der Waals surface area contributed by atoms with E-state index in [2.05, 4.69) is 25.9 Å². The lowest BCUT2D eigenvalue weighted by molar-refractivity contribution is 0.622. The molecule has 0 aliphatic heterocycles. The zero-order chi connectivity index (χ0) is 10.1. The van der Waals surface area contributed by atoms with Crippen LogP contribution in [0.5, 0.6) is 0 Å². The van der Waals surface area contributed by atoms with Gasteiger partial charge in [0, 0.05) is 16.6 Å². The van der Waals surface area contributed by atoms with Crippen LogP contribution in [0.3, 0.4) is 0 Å². The molecule has 0 atom stereocenters. The number of halogens is 2. The fourth-order valence-electron chi connectivity index (χ4n) is 1.03. The van der Waals surface area contributed by atoms with Crippen LogP contribution in [-0.2, 0) is 0 Å². The third-order valence-corrected chi connectivity index (χ3v) is 3.75. The van der Waals surface area contributed by atoms with Crippen molar-refractivity contribution in [1.82, 2.24) is 9.97 Å². The smallest absolute Gasteiger partial charge is 0.142 e. The summed E-state index contributed by atoms with van der Waals surface area (Å²) in [6.07, 6.45) is 2.78. The molecule has 0 saturated carbocycles. The number of aromatic nitrogens is 2. The molecule has 0 aliphatic rings. The Kier molecular flexibility index (Phi) is 2.60. The maximum absolute atomic E-state index is 12.9. The highest BCUT2D eigenvalue weighted by atomic mass is 79.9. The summed E-state index contributed by atoms with van der Waals surface area (Å²) >= 11 is 4.83. The van der Waals surface area contributed by atoms with Gasteiger partial charge in [-0.2, -0.15) is 0 Å². The molecule has 2 heterocycles. The van der Waals surface area contributed by atoms with Crippen molar-refractivity contribution in [1.29, 1.82) is 0 Å². The SMILES string of the molecule is Cc1sc(-c2cncc(F)c2)nc1Br. The first kappa shape index (κ1) is 9.73. The van der Waals surface area contributed by atoms with Crippen molar-refractivity contribution in [2.24, 2.45) is 0 Å². The topological polar surface area (TPSA) is 25.8 Å².